The van der Waals surface area contributed by atoms with Crippen LogP contribution in [0.4, 0.5) is 10.5 Å². The average Bonchev–Trinajstić information content (AvgIpc) is 3.13. The molecule has 2 amide bonds. The number of carbonyl (C=O) groups excluding carboxylic acids is 1. The number of anilines is 1. The Bertz CT molecular complexity index is 649. The van der Waals surface area contributed by atoms with Crippen molar-refractivity contribution in [3.8, 4) is 0 Å². The summed E-state index contributed by atoms with van der Waals surface area (Å²) in [5.74, 6) is 0.425. The molecule has 3 N–H and O–H groups in total. The number of nitrogens with zero attached hydrogens (tertiary/aromatic N) is 1. The van der Waals surface area contributed by atoms with Gasteiger partial charge in [0.2, 0.25) is 0 Å². The van der Waals surface area contributed by atoms with Gasteiger partial charge in [-0.2, -0.15) is 0 Å². The lowest BCUT2D eigenvalue weighted by Gasteiger charge is -2.21. The van der Waals surface area contributed by atoms with Crippen LogP contribution in [-0.2, 0) is 12.0 Å². The number of urea groups is 1. The third-order valence-corrected chi connectivity index (χ3v) is 4.03. The fourth-order valence-corrected chi connectivity index (χ4v) is 2.44. The topological polar surface area (TPSA) is 77.7 Å². The summed E-state index contributed by atoms with van der Waals surface area (Å²) in [4.78, 5) is 13.9. The first-order valence-corrected chi connectivity index (χ1v) is 8.43. The Morgan fingerprint density at radius 1 is 1.20 bits per heavy atom. The second kappa shape index (κ2) is 8.58. The fourth-order valence-electron chi connectivity index (χ4n) is 2.44. The molecule has 1 atom stereocenters. The van der Waals surface area contributed by atoms with Crippen molar-refractivity contribution in [1.82, 2.24) is 10.6 Å². The van der Waals surface area contributed by atoms with Crippen molar-refractivity contribution in [2.45, 2.75) is 25.4 Å². The van der Waals surface area contributed by atoms with E-state index in [9.17, 15) is 9.90 Å². The molecule has 0 saturated carbocycles. The first-order chi connectivity index (χ1) is 11.9. The molecular formula is C19H27N3O3. The summed E-state index contributed by atoms with van der Waals surface area (Å²) >= 11 is 0. The van der Waals surface area contributed by atoms with Crippen LogP contribution < -0.4 is 15.5 Å². The highest BCUT2D eigenvalue weighted by atomic mass is 16.4. The molecule has 0 saturated heterocycles. The van der Waals surface area contributed by atoms with Gasteiger partial charge in [-0.25, -0.2) is 4.79 Å². The minimum Gasteiger partial charge on any atom is -0.466 e. The zero-order valence-corrected chi connectivity index (χ0v) is 15.1. The van der Waals surface area contributed by atoms with Crippen LogP contribution in [0.1, 0.15) is 24.7 Å². The largest absolute Gasteiger partial charge is 0.466 e. The summed E-state index contributed by atoms with van der Waals surface area (Å²) in [5.41, 5.74) is 1.19. The van der Waals surface area contributed by atoms with E-state index in [1.807, 2.05) is 14.1 Å². The fraction of sp³-hybridized carbons (Fsp3) is 0.421. The SMILES string of the molecule is CN(C)c1ccc(CCCNC(=O)NCC(C)(O)c2ccco2)cc1. The molecule has 1 heterocycles. The highest BCUT2D eigenvalue weighted by Gasteiger charge is 2.26. The Hall–Kier alpha value is -2.47. The minimum atomic E-state index is -1.23. The monoisotopic (exact) mass is 345 g/mol. The van der Waals surface area contributed by atoms with Crippen molar-refractivity contribution in [3.63, 3.8) is 0 Å². The van der Waals surface area contributed by atoms with Gasteiger partial charge in [-0.3, -0.25) is 0 Å². The molecule has 0 aliphatic heterocycles. The second-order valence-electron chi connectivity index (χ2n) is 6.53. The van der Waals surface area contributed by atoms with E-state index in [0.29, 0.717) is 12.3 Å². The van der Waals surface area contributed by atoms with Crippen LogP contribution in [0.25, 0.3) is 0 Å². The van der Waals surface area contributed by atoms with Gasteiger partial charge < -0.3 is 25.1 Å². The molecule has 0 aliphatic carbocycles. The van der Waals surface area contributed by atoms with Gasteiger partial charge in [-0.05, 0) is 49.6 Å². The van der Waals surface area contributed by atoms with E-state index in [-0.39, 0.29) is 12.6 Å². The zero-order chi connectivity index (χ0) is 18.3. The summed E-state index contributed by atoms with van der Waals surface area (Å²) in [5, 5.41) is 15.7. The van der Waals surface area contributed by atoms with Crippen LogP contribution in [-0.4, -0.2) is 38.3 Å². The standard InChI is InChI=1S/C19H27N3O3/c1-19(24,17-7-5-13-25-17)14-21-18(23)20-12-4-6-15-8-10-16(11-9-15)22(2)3/h5,7-11,13,24H,4,6,12,14H2,1-3H3,(H2,20,21,23). The molecule has 1 aromatic carbocycles. The Kier molecular flexibility index (Phi) is 6.47. The van der Waals surface area contributed by atoms with E-state index in [4.69, 9.17) is 4.42 Å². The van der Waals surface area contributed by atoms with E-state index in [0.717, 1.165) is 12.8 Å². The van der Waals surface area contributed by atoms with Gasteiger partial charge >= 0.3 is 6.03 Å². The van der Waals surface area contributed by atoms with Crippen molar-refractivity contribution >= 4 is 11.7 Å². The first kappa shape index (κ1) is 18.9. The highest BCUT2D eigenvalue weighted by molar-refractivity contribution is 5.73. The van der Waals surface area contributed by atoms with E-state index in [1.54, 1.807) is 19.1 Å². The van der Waals surface area contributed by atoms with Gasteiger partial charge in [-0.1, -0.05) is 12.1 Å². The van der Waals surface area contributed by atoms with Crippen molar-refractivity contribution in [2.24, 2.45) is 0 Å². The number of nitrogens with one attached hydrogen (secondary N) is 2. The number of furan rings is 1. The number of aliphatic hydroxyl groups is 1. The molecule has 6 heteroatoms. The summed E-state index contributed by atoms with van der Waals surface area (Å²) in [6, 6.07) is 11.5. The number of rotatable bonds is 8. The number of carbonyl (C=O) groups is 1. The van der Waals surface area contributed by atoms with E-state index < -0.39 is 5.60 Å². The van der Waals surface area contributed by atoms with Crippen LogP contribution in [0.5, 0.6) is 0 Å². The molecule has 0 bridgehead atoms. The Balaban J connectivity index is 1.65. The summed E-state index contributed by atoms with van der Waals surface area (Å²) in [6.07, 6.45) is 3.25. The third-order valence-electron chi connectivity index (χ3n) is 4.03. The van der Waals surface area contributed by atoms with Crippen LogP contribution in [0.3, 0.4) is 0 Å². The molecule has 1 unspecified atom stereocenters. The van der Waals surface area contributed by atoms with Gasteiger partial charge in [0, 0.05) is 26.3 Å². The highest BCUT2D eigenvalue weighted by Crippen LogP contribution is 2.19. The van der Waals surface area contributed by atoms with Crippen LogP contribution in [0, 0.1) is 0 Å². The second-order valence-corrected chi connectivity index (χ2v) is 6.53. The molecule has 6 nitrogen and oxygen atoms in total. The van der Waals surface area contributed by atoms with Gasteiger partial charge in [0.1, 0.15) is 11.4 Å². The molecule has 2 aromatic rings. The molecule has 0 aliphatic rings. The van der Waals surface area contributed by atoms with Gasteiger partial charge in [0.25, 0.3) is 0 Å². The summed E-state index contributed by atoms with van der Waals surface area (Å²) < 4.78 is 5.18. The minimum absolute atomic E-state index is 0.0817. The average molecular weight is 345 g/mol. The maximum atomic E-state index is 11.8. The maximum absolute atomic E-state index is 11.8. The lowest BCUT2D eigenvalue weighted by Crippen LogP contribution is -2.43. The number of aryl methyl sites for hydroxylation is 1. The normalized spacial score (nSPS) is 13.1. The summed E-state index contributed by atoms with van der Waals surface area (Å²) in [7, 11) is 4.03. The number of hydrogen-bond donors (Lipinski definition) is 3. The number of amides is 2. The summed E-state index contributed by atoms with van der Waals surface area (Å²) in [6.45, 7) is 2.26. The zero-order valence-electron chi connectivity index (χ0n) is 15.1. The van der Waals surface area contributed by atoms with Gasteiger partial charge in [0.05, 0.1) is 12.8 Å². The molecule has 0 spiro atoms. The van der Waals surface area contributed by atoms with Crippen molar-refractivity contribution in [1.29, 1.82) is 0 Å². The first-order valence-electron chi connectivity index (χ1n) is 8.43. The molecule has 25 heavy (non-hydrogen) atoms. The van der Waals surface area contributed by atoms with Crippen LogP contribution >= 0.6 is 0 Å². The maximum Gasteiger partial charge on any atom is 0.314 e. The molecular weight excluding hydrogens is 318 g/mol. The smallest absolute Gasteiger partial charge is 0.314 e. The molecule has 136 valence electrons. The van der Waals surface area contributed by atoms with Crippen molar-refractivity contribution in [3.05, 3.63) is 54.0 Å². The lowest BCUT2D eigenvalue weighted by molar-refractivity contribution is 0.0367. The molecule has 0 fully saturated rings. The van der Waals surface area contributed by atoms with Crippen LogP contribution in [0.15, 0.2) is 47.1 Å². The van der Waals surface area contributed by atoms with Crippen molar-refractivity contribution < 1.29 is 14.3 Å². The van der Waals surface area contributed by atoms with Gasteiger partial charge in [-0.15, -0.1) is 0 Å². The van der Waals surface area contributed by atoms with Crippen LogP contribution in [0.2, 0.25) is 0 Å². The Morgan fingerprint density at radius 3 is 2.52 bits per heavy atom. The van der Waals surface area contributed by atoms with Gasteiger partial charge in [0.15, 0.2) is 0 Å². The Morgan fingerprint density at radius 2 is 1.92 bits per heavy atom. The quantitative estimate of drug-likeness (QED) is 0.642. The van der Waals surface area contributed by atoms with Crippen molar-refractivity contribution in [2.75, 3.05) is 32.1 Å². The predicted molar refractivity (Wildman–Crippen MR) is 98.8 cm³/mol. The number of hydrogen-bond acceptors (Lipinski definition) is 4. The Labute approximate surface area is 148 Å². The van der Waals surface area contributed by atoms with E-state index >= 15 is 0 Å². The third kappa shape index (κ3) is 5.83. The number of benzene rings is 1. The lowest BCUT2D eigenvalue weighted by atomic mass is 10.0. The van der Waals surface area contributed by atoms with E-state index in [1.165, 1.54) is 17.5 Å². The van der Waals surface area contributed by atoms with E-state index in [2.05, 4.69) is 39.8 Å². The molecule has 0 radical (unpaired) electrons. The predicted octanol–water partition coefficient (Wildman–Crippen LogP) is 2.49. The molecule has 1 aromatic heterocycles. The molecule has 2 rings (SSSR count).